The fourth-order valence-electron chi connectivity index (χ4n) is 1.87. The number of methoxy groups -OCH3 is 2. The highest BCUT2D eigenvalue weighted by atomic mass is 16.5. The van der Waals surface area contributed by atoms with Crippen LogP contribution in [0.2, 0.25) is 0 Å². The Bertz CT molecular complexity index is 447. The van der Waals surface area contributed by atoms with Gasteiger partial charge in [0.05, 0.1) is 14.2 Å². The number of carboxylic acids is 1. The molecule has 0 aromatic heterocycles. The van der Waals surface area contributed by atoms with Gasteiger partial charge in [-0.05, 0) is 38.1 Å². The van der Waals surface area contributed by atoms with Gasteiger partial charge in [-0.3, -0.25) is 5.32 Å². The molecule has 0 radical (unpaired) electrons. The normalized spacial score (nSPS) is 13.7. The van der Waals surface area contributed by atoms with Crippen LogP contribution in [0.25, 0.3) is 0 Å². The van der Waals surface area contributed by atoms with Gasteiger partial charge in [0.1, 0.15) is 17.0 Å². The molecule has 19 heavy (non-hydrogen) atoms. The molecular weight excluding hydrogens is 246 g/mol. The molecule has 5 nitrogen and oxygen atoms in total. The van der Waals surface area contributed by atoms with Gasteiger partial charge in [0.25, 0.3) is 0 Å². The first-order valence-corrected chi connectivity index (χ1v) is 6.20. The van der Waals surface area contributed by atoms with Crippen LogP contribution in [-0.4, -0.2) is 31.8 Å². The summed E-state index contributed by atoms with van der Waals surface area (Å²) in [4.78, 5) is 11.6. The summed E-state index contributed by atoms with van der Waals surface area (Å²) >= 11 is 0. The van der Waals surface area contributed by atoms with Gasteiger partial charge in [0.2, 0.25) is 0 Å². The molecule has 1 aromatic carbocycles. The van der Waals surface area contributed by atoms with Gasteiger partial charge in [0, 0.05) is 5.56 Å². The van der Waals surface area contributed by atoms with Crippen LogP contribution in [0.3, 0.4) is 0 Å². The molecule has 0 fully saturated rings. The van der Waals surface area contributed by atoms with Crippen LogP contribution in [0, 0.1) is 0 Å². The summed E-state index contributed by atoms with van der Waals surface area (Å²) in [6, 6.07) is 5.14. The molecule has 0 saturated heterocycles. The van der Waals surface area contributed by atoms with Crippen molar-refractivity contribution in [2.45, 2.75) is 25.8 Å². The molecule has 0 spiro atoms. The van der Waals surface area contributed by atoms with Crippen LogP contribution in [0.5, 0.6) is 11.5 Å². The number of ether oxygens (including phenoxy) is 2. The minimum atomic E-state index is -1.21. The maximum atomic E-state index is 11.6. The molecule has 0 amide bonds. The second kappa shape index (κ2) is 6.43. The average Bonchev–Trinajstić information content (AvgIpc) is 2.43. The van der Waals surface area contributed by atoms with E-state index < -0.39 is 11.5 Å². The molecular formula is C14H21NO4. The lowest BCUT2D eigenvalue weighted by Crippen LogP contribution is -2.47. The standard InChI is InChI=1S/C14H21NO4/c1-5-8-15-14(2,13(16)17)11-9-10(18-3)6-7-12(11)19-4/h6-7,9,15H,5,8H2,1-4H3,(H,16,17). The van der Waals surface area contributed by atoms with Gasteiger partial charge in [-0.15, -0.1) is 0 Å². The minimum Gasteiger partial charge on any atom is -0.497 e. The Morgan fingerprint density at radius 3 is 2.53 bits per heavy atom. The first-order valence-electron chi connectivity index (χ1n) is 6.20. The number of nitrogens with one attached hydrogen (secondary N) is 1. The van der Waals surface area contributed by atoms with Crippen molar-refractivity contribution in [3.05, 3.63) is 23.8 Å². The number of carbonyl (C=O) groups is 1. The van der Waals surface area contributed by atoms with E-state index >= 15 is 0 Å². The third-order valence-electron chi connectivity index (χ3n) is 3.10. The zero-order valence-electron chi connectivity index (χ0n) is 11.8. The average molecular weight is 267 g/mol. The second-order valence-corrected chi connectivity index (χ2v) is 4.42. The quantitative estimate of drug-likeness (QED) is 0.791. The SMILES string of the molecule is CCCNC(C)(C(=O)O)c1cc(OC)ccc1OC. The molecule has 1 aromatic rings. The van der Waals surface area contributed by atoms with Crippen LogP contribution in [-0.2, 0) is 10.3 Å². The van der Waals surface area contributed by atoms with E-state index in [1.54, 1.807) is 32.2 Å². The molecule has 1 atom stereocenters. The van der Waals surface area contributed by atoms with E-state index in [0.29, 0.717) is 23.6 Å². The first-order chi connectivity index (χ1) is 8.99. The predicted octanol–water partition coefficient (Wildman–Crippen LogP) is 2.00. The number of carboxylic acid groups (broad SMARTS) is 1. The van der Waals surface area contributed by atoms with Gasteiger partial charge in [0.15, 0.2) is 0 Å². The van der Waals surface area contributed by atoms with Gasteiger partial charge in [-0.2, -0.15) is 0 Å². The van der Waals surface area contributed by atoms with Crippen molar-refractivity contribution in [3.8, 4) is 11.5 Å². The van der Waals surface area contributed by atoms with E-state index in [0.717, 1.165) is 6.42 Å². The van der Waals surface area contributed by atoms with E-state index in [-0.39, 0.29) is 0 Å². The highest BCUT2D eigenvalue weighted by Gasteiger charge is 2.37. The zero-order chi connectivity index (χ0) is 14.5. The largest absolute Gasteiger partial charge is 0.497 e. The Labute approximate surface area is 113 Å². The molecule has 0 bridgehead atoms. The Balaban J connectivity index is 3.31. The number of hydrogen-bond donors (Lipinski definition) is 2. The fraction of sp³-hybridized carbons (Fsp3) is 0.500. The molecule has 0 aliphatic rings. The fourth-order valence-corrected chi connectivity index (χ4v) is 1.87. The summed E-state index contributed by atoms with van der Waals surface area (Å²) in [6.07, 6.45) is 0.842. The van der Waals surface area contributed by atoms with E-state index in [1.165, 1.54) is 7.11 Å². The first kappa shape index (κ1) is 15.3. The van der Waals surface area contributed by atoms with Crippen molar-refractivity contribution in [1.29, 1.82) is 0 Å². The van der Waals surface area contributed by atoms with Crippen LogP contribution in [0.15, 0.2) is 18.2 Å². The molecule has 0 saturated carbocycles. The molecule has 5 heteroatoms. The Kier molecular flexibility index (Phi) is 5.18. The van der Waals surface area contributed by atoms with E-state index in [1.807, 2.05) is 6.92 Å². The lowest BCUT2D eigenvalue weighted by Gasteiger charge is -2.28. The summed E-state index contributed by atoms with van der Waals surface area (Å²) < 4.78 is 10.4. The second-order valence-electron chi connectivity index (χ2n) is 4.42. The summed E-state index contributed by atoms with van der Waals surface area (Å²) in [7, 11) is 3.07. The van der Waals surface area contributed by atoms with Crippen LogP contribution in [0.1, 0.15) is 25.8 Å². The zero-order valence-corrected chi connectivity index (χ0v) is 11.8. The maximum Gasteiger partial charge on any atom is 0.328 e. The van der Waals surface area contributed by atoms with E-state index in [4.69, 9.17) is 9.47 Å². The minimum absolute atomic E-state index is 0.523. The molecule has 106 valence electrons. The summed E-state index contributed by atoms with van der Waals surface area (Å²) in [5, 5.41) is 12.6. The van der Waals surface area contributed by atoms with Crippen molar-refractivity contribution in [1.82, 2.24) is 5.32 Å². The summed E-state index contributed by atoms with van der Waals surface area (Å²) in [6.45, 7) is 4.21. The molecule has 0 heterocycles. The van der Waals surface area contributed by atoms with Crippen molar-refractivity contribution >= 4 is 5.97 Å². The predicted molar refractivity (Wildman–Crippen MR) is 72.8 cm³/mol. The molecule has 1 rings (SSSR count). The number of aliphatic carboxylic acids is 1. The van der Waals surface area contributed by atoms with Crippen LogP contribution in [0.4, 0.5) is 0 Å². The highest BCUT2D eigenvalue weighted by molar-refractivity contribution is 5.81. The number of benzene rings is 1. The molecule has 2 N–H and O–H groups in total. The van der Waals surface area contributed by atoms with Crippen molar-refractivity contribution < 1.29 is 19.4 Å². The van der Waals surface area contributed by atoms with Gasteiger partial charge in [-0.25, -0.2) is 4.79 Å². The van der Waals surface area contributed by atoms with E-state index in [9.17, 15) is 9.90 Å². The monoisotopic (exact) mass is 267 g/mol. The Hall–Kier alpha value is -1.75. The summed E-state index contributed by atoms with van der Waals surface area (Å²) in [5.74, 6) is 0.170. The maximum absolute atomic E-state index is 11.6. The lowest BCUT2D eigenvalue weighted by molar-refractivity contribution is -0.144. The molecule has 0 aliphatic carbocycles. The van der Waals surface area contributed by atoms with Crippen molar-refractivity contribution in [2.75, 3.05) is 20.8 Å². The number of hydrogen-bond acceptors (Lipinski definition) is 4. The van der Waals surface area contributed by atoms with E-state index in [2.05, 4.69) is 5.32 Å². The van der Waals surface area contributed by atoms with Gasteiger partial charge >= 0.3 is 5.97 Å². The van der Waals surface area contributed by atoms with Gasteiger partial charge < -0.3 is 14.6 Å². The third kappa shape index (κ3) is 3.17. The van der Waals surface area contributed by atoms with Crippen molar-refractivity contribution in [3.63, 3.8) is 0 Å². The van der Waals surface area contributed by atoms with Crippen molar-refractivity contribution in [2.24, 2.45) is 0 Å². The molecule has 0 aliphatic heterocycles. The Morgan fingerprint density at radius 2 is 2.05 bits per heavy atom. The summed E-state index contributed by atoms with van der Waals surface area (Å²) in [5.41, 5.74) is -0.661. The smallest absolute Gasteiger partial charge is 0.328 e. The van der Waals surface area contributed by atoms with Crippen LogP contribution >= 0.6 is 0 Å². The lowest BCUT2D eigenvalue weighted by atomic mass is 9.90. The van der Waals surface area contributed by atoms with Gasteiger partial charge in [-0.1, -0.05) is 6.92 Å². The third-order valence-corrected chi connectivity index (χ3v) is 3.10. The Morgan fingerprint density at radius 1 is 1.37 bits per heavy atom. The number of rotatable bonds is 7. The van der Waals surface area contributed by atoms with Crippen LogP contribution < -0.4 is 14.8 Å². The topological polar surface area (TPSA) is 67.8 Å². The highest BCUT2D eigenvalue weighted by Crippen LogP contribution is 2.33. The molecule has 1 unspecified atom stereocenters.